The zero-order chi connectivity index (χ0) is 31.1. The molecule has 0 bridgehead atoms. The van der Waals surface area contributed by atoms with E-state index in [0.29, 0.717) is 12.2 Å². The van der Waals surface area contributed by atoms with Crippen LogP contribution in [0.25, 0.3) is 11.1 Å². The van der Waals surface area contributed by atoms with Gasteiger partial charge in [0, 0.05) is 18.6 Å². The molecule has 0 radical (unpaired) electrons. The predicted molar refractivity (Wildman–Crippen MR) is 168 cm³/mol. The second-order valence-electron chi connectivity index (χ2n) is 11.5. The summed E-state index contributed by atoms with van der Waals surface area (Å²) in [5.41, 5.74) is 4.42. The molecule has 0 saturated carbocycles. The summed E-state index contributed by atoms with van der Waals surface area (Å²) in [4.78, 5) is 42.7. The van der Waals surface area contributed by atoms with E-state index in [9.17, 15) is 14.4 Å². The van der Waals surface area contributed by atoms with Gasteiger partial charge < -0.3 is 14.3 Å². The van der Waals surface area contributed by atoms with Crippen molar-refractivity contribution in [1.82, 2.24) is 4.90 Å². The quantitative estimate of drug-likeness (QED) is 0.0980. The summed E-state index contributed by atoms with van der Waals surface area (Å²) < 4.78 is 11.9. The zero-order valence-corrected chi connectivity index (χ0v) is 25.3. The van der Waals surface area contributed by atoms with Gasteiger partial charge in [0.1, 0.15) is 17.8 Å². The fourth-order valence-electron chi connectivity index (χ4n) is 5.87. The molecule has 1 aliphatic heterocycles. The molecule has 0 spiro atoms. The molecule has 0 aliphatic carbocycles. The molecule has 3 aromatic carbocycles. The minimum Gasteiger partial charge on any atom is -0.457 e. The van der Waals surface area contributed by atoms with Gasteiger partial charge in [-0.25, -0.2) is 9.69 Å². The van der Waals surface area contributed by atoms with E-state index in [0.717, 1.165) is 58.4 Å². The zero-order valence-electron chi connectivity index (χ0n) is 25.3. The number of aryl methyl sites for hydroxylation is 2. The van der Waals surface area contributed by atoms with Gasteiger partial charge >= 0.3 is 6.09 Å². The van der Waals surface area contributed by atoms with Gasteiger partial charge in [-0.2, -0.15) is 0 Å². The summed E-state index contributed by atoms with van der Waals surface area (Å²) in [6, 6.07) is 27.8. The van der Waals surface area contributed by atoms with Gasteiger partial charge in [0.25, 0.3) is 0 Å². The molecular formula is C37H39NO6. The molecular weight excluding hydrogens is 554 g/mol. The Labute approximate surface area is 258 Å². The second kappa shape index (κ2) is 14.3. The number of aliphatic hydroxyl groups is 1. The molecule has 7 heteroatoms. The van der Waals surface area contributed by atoms with Gasteiger partial charge in [0.2, 0.25) is 11.7 Å². The molecule has 2 heterocycles. The first kappa shape index (κ1) is 31.0. The van der Waals surface area contributed by atoms with E-state index >= 15 is 0 Å². The van der Waals surface area contributed by atoms with Gasteiger partial charge in [-0.05, 0) is 55.9 Å². The van der Waals surface area contributed by atoms with Gasteiger partial charge in [-0.1, -0.05) is 103 Å². The van der Waals surface area contributed by atoms with Crippen LogP contribution in [0.3, 0.4) is 0 Å². The molecule has 1 fully saturated rings. The highest BCUT2D eigenvalue weighted by molar-refractivity contribution is 6.12. The van der Waals surface area contributed by atoms with Crippen molar-refractivity contribution in [3.05, 3.63) is 119 Å². The highest BCUT2D eigenvalue weighted by Crippen LogP contribution is 2.35. The number of cyclic esters (lactones) is 1. The Kier molecular flexibility index (Phi) is 10.1. The lowest BCUT2D eigenvalue weighted by Crippen LogP contribution is -2.44. The fraction of sp³-hybridized carbons (Fsp3) is 0.324. The summed E-state index contributed by atoms with van der Waals surface area (Å²) >= 11 is 0. The molecule has 2 amide bonds. The highest BCUT2D eigenvalue weighted by Gasteiger charge is 2.47. The minimum absolute atomic E-state index is 0.0981. The lowest BCUT2D eigenvalue weighted by atomic mass is 9.91. The van der Waals surface area contributed by atoms with Crippen LogP contribution in [0.5, 0.6) is 0 Å². The maximum absolute atomic E-state index is 14.3. The smallest absolute Gasteiger partial charge is 0.417 e. The third kappa shape index (κ3) is 7.00. The van der Waals surface area contributed by atoms with E-state index < -0.39 is 35.8 Å². The topological polar surface area (TPSA) is 97.1 Å². The highest BCUT2D eigenvalue weighted by atomic mass is 16.6. The number of hydrogen-bond acceptors (Lipinski definition) is 6. The molecule has 1 saturated heterocycles. The molecule has 1 aromatic heterocycles. The van der Waals surface area contributed by atoms with Crippen molar-refractivity contribution in [2.24, 2.45) is 5.92 Å². The maximum Gasteiger partial charge on any atom is 0.417 e. The van der Waals surface area contributed by atoms with Crippen molar-refractivity contribution < 1.29 is 28.6 Å². The molecule has 0 unspecified atom stereocenters. The standard InChI is InChI=1S/C37H39NO6/c1-25-14-13-19-29(22-25)30-24-33(43-32(30)20-11-3-4-12-21-39)34(40)31(23-27-15-7-5-8-16-27)36(41)38-26(2)35(44-37(38)42)28-17-9-6-10-18-28/h5-10,13-19,22,24,26,31,35,39H,3-4,11-12,20-21,23H2,1-2H3/t26-,31-,35-/m1/s1. The first-order valence-electron chi connectivity index (χ1n) is 15.3. The van der Waals surface area contributed by atoms with Gasteiger partial charge in [-0.3, -0.25) is 9.59 Å². The van der Waals surface area contributed by atoms with Crippen LogP contribution in [0.15, 0.2) is 95.4 Å². The number of imide groups is 1. The number of ether oxygens (including phenoxy) is 1. The Hall–Kier alpha value is -4.49. The van der Waals surface area contributed by atoms with E-state index in [1.807, 2.05) is 91.9 Å². The summed E-state index contributed by atoms with van der Waals surface area (Å²) in [5.74, 6) is -1.47. The number of unbranched alkanes of at least 4 members (excludes halogenated alkanes) is 3. The summed E-state index contributed by atoms with van der Waals surface area (Å²) in [5, 5.41) is 9.14. The number of benzene rings is 3. The van der Waals surface area contributed by atoms with Crippen molar-refractivity contribution in [3.63, 3.8) is 0 Å². The molecule has 1 aliphatic rings. The number of carbonyl (C=O) groups excluding carboxylic acids is 3. The lowest BCUT2D eigenvalue weighted by Gasteiger charge is -2.23. The number of hydrogen-bond donors (Lipinski definition) is 1. The average Bonchev–Trinajstić information content (AvgIpc) is 3.60. The van der Waals surface area contributed by atoms with Gasteiger partial charge in [-0.15, -0.1) is 0 Å². The number of rotatable bonds is 13. The number of carbonyl (C=O) groups is 3. The molecule has 7 nitrogen and oxygen atoms in total. The van der Waals surface area contributed by atoms with E-state index in [4.69, 9.17) is 14.3 Å². The molecule has 5 rings (SSSR count). The Morgan fingerprint density at radius 1 is 0.886 bits per heavy atom. The molecule has 228 valence electrons. The van der Waals surface area contributed by atoms with Crippen molar-refractivity contribution in [3.8, 4) is 11.1 Å². The molecule has 3 atom stereocenters. The predicted octanol–water partition coefficient (Wildman–Crippen LogP) is 7.50. The van der Waals surface area contributed by atoms with Crippen molar-refractivity contribution in [1.29, 1.82) is 0 Å². The van der Waals surface area contributed by atoms with E-state index in [1.54, 1.807) is 13.0 Å². The Bertz CT molecular complexity index is 1580. The maximum atomic E-state index is 14.3. The average molecular weight is 594 g/mol. The minimum atomic E-state index is -1.18. The summed E-state index contributed by atoms with van der Waals surface area (Å²) in [6.45, 7) is 3.94. The van der Waals surface area contributed by atoms with Crippen molar-refractivity contribution >= 4 is 17.8 Å². The third-order valence-corrected chi connectivity index (χ3v) is 8.23. The van der Waals surface area contributed by atoms with Crippen LogP contribution < -0.4 is 0 Å². The SMILES string of the molecule is Cc1cccc(-c2cc(C(=O)[C@@H](Cc3ccccc3)C(=O)N3C(=O)O[C@@H](c4ccccc4)[C@H]3C)oc2CCCCCCO)c1. The van der Waals surface area contributed by atoms with Gasteiger partial charge in [0.15, 0.2) is 5.76 Å². The first-order chi connectivity index (χ1) is 21.4. The van der Waals surface area contributed by atoms with Crippen LogP contribution in [0.2, 0.25) is 0 Å². The van der Waals surface area contributed by atoms with Crippen LogP contribution in [0.4, 0.5) is 4.79 Å². The number of Topliss-reactive ketones (excluding diaryl/α,β-unsaturated/α-hetero) is 1. The van der Waals surface area contributed by atoms with E-state index in [1.165, 1.54) is 0 Å². The number of furan rings is 1. The molecule has 1 N–H and O–H groups in total. The monoisotopic (exact) mass is 593 g/mol. The number of nitrogens with zero attached hydrogens (tertiary/aromatic N) is 1. The normalized spacial score (nSPS) is 17.0. The largest absolute Gasteiger partial charge is 0.457 e. The van der Waals surface area contributed by atoms with Crippen LogP contribution in [0.1, 0.15) is 71.7 Å². The number of ketones is 1. The molecule has 4 aromatic rings. The fourth-order valence-corrected chi connectivity index (χ4v) is 5.87. The Morgan fingerprint density at radius 3 is 2.30 bits per heavy atom. The van der Waals surface area contributed by atoms with Crippen molar-refractivity contribution in [2.45, 2.75) is 64.5 Å². The van der Waals surface area contributed by atoms with Crippen LogP contribution in [0, 0.1) is 12.8 Å². The third-order valence-electron chi connectivity index (χ3n) is 8.23. The van der Waals surface area contributed by atoms with E-state index in [2.05, 4.69) is 0 Å². The van der Waals surface area contributed by atoms with Gasteiger partial charge in [0.05, 0.1) is 6.04 Å². The van der Waals surface area contributed by atoms with Crippen molar-refractivity contribution in [2.75, 3.05) is 6.61 Å². The number of aliphatic hydroxyl groups excluding tert-OH is 1. The van der Waals surface area contributed by atoms with Crippen LogP contribution in [-0.4, -0.2) is 40.4 Å². The Balaban J connectivity index is 1.47. The molecule has 44 heavy (non-hydrogen) atoms. The Morgan fingerprint density at radius 2 is 1.59 bits per heavy atom. The first-order valence-corrected chi connectivity index (χ1v) is 15.3. The lowest BCUT2D eigenvalue weighted by molar-refractivity contribution is -0.131. The van der Waals surface area contributed by atoms with E-state index in [-0.39, 0.29) is 18.8 Å². The number of amides is 2. The second-order valence-corrected chi connectivity index (χ2v) is 11.5. The summed E-state index contributed by atoms with van der Waals surface area (Å²) in [7, 11) is 0. The van der Waals surface area contributed by atoms with Crippen LogP contribution >= 0.6 is 0 Å². The summed E-state index contributed by atoms with van der Waals surface area (Å²) in [6.07, 6.45) is 2.76. The van der Waals surface area contributed by atoms with Crippen LogP contribution in [-0.2, 0) is 22.4 Å².